The third-order valence-electron chi connectivity index (χ3n) is 3.63. The number of ether oxygens (including phenoxy) is 1. The summed E-state index contributed by atoms with van der Waals surface area (Å²) < 4.78 is 30.5. The number of amides is 1. The highest BCUT2D eigenvalue weighted by Crippen LogP contribution is 2.22. The van der Waals surface area contributed by atoms with E-state index in [0.29, 0.717) is 24.9 Å². The fourth-order valence-electron chi connectivity index (χ4n) is 2.56. The Hall–Kier alpha value is -1.63. The van der Waals surface area contributed by atoms with Crippen molar-refractivity contribution in [2.24, 2.45) is 0 Å². The molecule has 23 heavy (non-hydrogen) atoms. The molecule has 1 unspecified atom stereocenters. The van der Waals surface area contributed by atoms with Crippen LogP contribution in [0, 0.1) is 0 Å². The molecule has 6 nitrogen and oxygen atoms in total. The van der Waals surface area contributed by atoms with Crippen LogP contribution in [-0.4, -0.2) is 48.3 Å². The van der Waals surface area contributed by atoms with Crippen LogP contribution in [0.25, 0.3) is 0 Å². The summed E-state index contributed by atoms with van der Waals surface area (Å²) in [5.74, 6) is -0.0480. The standard InChI is InChI=1S/C16H24N2O4S/c1-16(2,3)22-15(19)18-9-5-7-14(11-18)23(20,21)12-13-6-4-8-17-10-13/h4,6,8,10,14H,5,7,9,11-12H2,1-3H3. The van der Waals surface area contributed by atoms with Crippen molar-refractivity contribution in [2.75, 3.05) is 13.1 Å². The van der Waals surface area contributed by atoms with Crippen LogP contribution in [-0.2, 0) is 20.3 Å². The van der Waals surface area contributed by atoms with Crippen LogP contribution in [0.5, 0.6) is 0 Å². The molecule has 0 aromatic carbocycles. The second kappa shape index (κ2) is 6.86. The molecule has 2 rings (SSSR count). The molecular weight excluding hydrogens is 316 g/mol. The fourth-order valence-corrected chi connectivity index (χ4v) is 4.36. The predicted octanol–water partition coefficient (Wildman–Crippen LogP) is 2.40. The molecule has 1 amide bonds. The summed E-state index contributed by atoms with van der Waals surface area (Å²) in [5, 5.41) is -0.552. The van der Waals surface area contributed by atoms with Gasteiger partial charge in [-0.05, 0) is 45.2 Å². The number of pyridine rings is 1. The number of rotatable bonds is 3. The van der Waals surface area contributed by atoms with Gasteiger partial charge in [-0.1, -0.05) is 6.07 Å². The molecule has 1 saturated heterocycles. The molecule has 0 aliphatic carbocycles. The monoisotopic (exact) mass is 340 g/mol. The summed E-state index contributed by atoms with van der Waals surface area (Å²) in [4.78, 5) is 17.6. The highest BCUT2D eigenvalue weighted by atomic mass is 32.2. The number of sulfone groups is 1. The van der Waals surface area contributed by atoms with Gasteiger partial charge in [-0.25, -0.2) is 13.2 Å². The Bertz CT molecular complexity index is 638. The molecule has 0 saturated carbocycles. The molecule has 128 valence electrons. The normalized spacial score (nSPS) is 19.4. The Morgan fingerprint density at radius 2 is 2.17 bits per heavy atom. The van der Waals surface area contributed by atoms with Crippen molar-refractivity contribution in [3.63, 3.8) is 0 Å². The SMILES string of the molecule is CC(C)(C)OC(=O)N1CCCC(S(=O)(=O)Cc2cccnc2)C1. The van der Waals surface area contributed by atoms with Crippen molar-refractivity contribution in [2.45, 2.75) is 50.2 Å². The van der Waals surface area contributed by atoms with E-state index >= 15 is 0 Å². The molecular formula is C16H24N2O4S. The fraction of sp³-hybridized carbons (Fsp3) is 0.625. The van der Waals surface area contributed by atoms with Crippen LogP contribution in [0.15, 0.2) is 24.5 Å². The zero-order valence-electron chi connectivity index (χ0n) is 13.9. The van der Waals surface area contributed by atoms with Gasteiger partial charge in [-0.2, -0.15) is 0 Å². The minimum absolute atomic E-state index is 0.0480. The molecule has 1 aliphatic rings. The first-order valence-electron chi connectivity index (χ1n) is 7.76. The molecule has 1 fully saturated rings. The van der Waals surface area contributed by atoms with Crippen LogP contribution in [0.3, 0.4) is 0 Å². The van der Waals surface area contributed by atoms with Crippen molar-refractivity contribution in [3.05, 3.63) is 30.1 Å². The third-order valence-corrected chi connectivity index (χ3v) is 5.76. The largest absolute Gasteiger partial charge is 0.444 e. The Balaban J connectivity index is 2.04. The van der Waals surface area contributed by atoms with E-state index in [4.69, 9.17) is 4.74 Å². The predicted molar refractivity (Wildman–Crippen MR) is 87.7 cm³/mol. The van der Waals surface area contributed by atoms with Crippen LogP contribution in [0.1, 0.15) is 39.2 Å². The van der Waals surface area contributed by atoms with Gasteiger partial charge in [0, 0.05) is 25.5 Å². The Kier molecular flexibility index (Phi) is 5.29. The lowest BCUT2D eigenvalue weighted by Crippen LogP contribution is -2.47. The number of aromatic nitrogens is 1. The Morgan fingerprint density at radius 1 is 1.43 bits per heavy atom. The maximum Gasteiger partial charge on any atom is 0.410 e. The van der Waals surface area contributed by atoms with Gasteiger partial charge < -0.3 is 9.64 Å². The van der Waals surface area contributed by atoms with Crippen LogP contribution >= 0.6 is 0 Å². The number of carbonyl (C=O) groups excluding carboxylic acids is 1. The first kappa shape index (κ1) is 17.7. The number of nitrogens with zero attached hydrogens (tertiary/aromatic N) is 2. The lowest BCUT2D eigenvalue weighted by Gasteiger charge is -2.33. The van der Waals surface area contributed by atoms with Crippen LogP contribution < -0.4 is 0 Å². The van der Waals surface area contributed by atoms with Gasteiger partial charge in [0.15, 0.2) is 9.84 Å². The molecule has 1 atom stereocenters. The quantitative estimate of drug-likeness (QED) is 0.844. The van der Waals surface area contributed by atoms with E-state index in [2.05, 4.69) is 4.98 Å². The van der Waals surface area contributed by atoms with E-state index in [1.807, 2.05) is 0 Å². The lowest BCUT2D eigenvalue weighted by molar-refractivity contribution is 0.0219. The minimum Gasteiger partial charge on any atom is -0.444 e. The maximum atomic E-state index is 12.6. The number of carbonyl (C=O) groups is 1. The molecule has 0 bridgehead atoms. The van der Waals surface area contributed by atoms with Gasteiger partial charge in [0.1, 0.15) is 5.60 Å². The van der Waals surface area contributed by atoms with Crippen molar-refractivity contribution >= 4 is 15.9 Å². The molecule has 0 spiro atoms. The molecule has 2 heterocycles. The van der Waals surface area contributed by atoms with Crippen molar-refractivity contribution in [3.8, 4) is 0 Å². The summed E-state index contributed by atoms with van der Waals surface area (Å²) >= 11 is 0. The molecule has 0 radical (unpaired) electrons. The van der Waals surface area contributed by atoms with E-state index in [1.165, 1.54) is 4.90 Å². The van der Waals surface area contributed by atoms with Crippen LogP contribution in [0.2, 0.25) is 0 Å². The number of likely N-dealkylation sites (tertiary alicyclic amines) is 1. The molecule has 0 N–H and O–H groups in total. The highest BCUT2D eigenvalue weighted by Gasteiger charge is 2.34. The number of hydrogen-bond acceptors (Lipinski definition) is 5. The van der Waals surface area contributed by atoms with Gasteiger partial charge in [0.2, 0.25) is 0 Å². The maximum absolute atomic E-state index is 12.6. The van der Waals surface area contributed by atoms with Gasteiger partial charge in [-0.3, -0.25) is 4.98 Å². The van der Waals surface area contributed by atoms with Gasteiger partial charge in [0.05, 0.1) is 11.0 Å². The van der Waals surface area contributed by atoms with Gasteiger partial charge in [-0.15, -0.1) is 0 Å². The average molecular weight is 340 g/mol. The zero-order valence-corrected chi connectivity index (χ0v) is 14.7. The summed E-state index contributed by atoms with van der Waals surface area (Å²) in [5.41, 5.74) is 0.0837. The third kappa shape index (κ3) is 5.20. The van der Waals surface area contributed by atoms with E-state index < -0.39 is 26.8 Å². The molecule has 1 aromatic heterocycles. The first-order valence-corrected chi connectivity index (χ1v) is 9.47. The average Bonchev–Trinajstić information content (AvgIpc) is 2.46. The van der Waals surface area contributed by atoms with Crippen molar-refractivity contribution in [1.29, 1.82) is 0 Å². The first-order chi connectivity index (χ1) is 10.7. The van der Waals surface area contributed by atoms with E-state index in [-0.39, 0.29) is 12.3 Å². The lowest BCUT2D eigenvalue weighted by atomic mass is 10.1. The summed E-state index contributed by atoms with van der Waals surface area (Å²) in [6.45, 7) is 6.12. The van der Waals surface area contributed by atoms with E-state index in [0.717, 1.165) is 0 Å². The summed E-state index contributed by atoms with van der Waals surface area (Å²) in [6, 6.07) is 3.47. The Labute approximate surface area is 137 Å². The topological polar surface area (TPSA) is 76.6 Å². The molecule has 1 aromatic rings. The number of hydrogen-bond donors (Lipinski definition) is 0. The Morgan fingerprint density at radius 3 is 2.78 bits per heavy atom. The van der Waals surface area contributed by atoms with Gasteiger partial charge in [0.25, 0.3) is 0 Å². The van der Waals surface area contributed by atoms with E-state index in [9.17, 15) is 13.2 Å². The van der Waals surface area contributed by atoms with Crippen LogP contribution in [0.4, 0.5) is 4.79 Å². The molecule has 1 aliphatic heterocycles. The number of piperidine rings is 1. The minimum atomic E-state index is -3.34. The molecule has 7 heteroatoms. The smallest absolute Gasteiger partial charge is 0.410 e. The van der Waals surface area contributed by atoms with Crippen molar-refractivity contribution < 1.29 is 17.9 Å². The van der Waals surface area contributed by atoms with E-state index in [1.54, 1.807) is 45.3 Å². The highest BCUT2D eigenvalue weighted by molar-refractivity contribution is 7.91. The summed E-state index contributed by atoms with van der Waals surface area (Å²) in [6.07, 6.45) is 3.96. The summed E-state index contributed by atoms with van der Waals surface area (Å²) in [7, 11) is -3.34. The van der Waals surface area contributed by atoms with Crippen molar-refractivity contribution in [1.82, 2.24) is 9.88 Å². The zero-order chi connectivity index (χ0) is 17.1. The second-order valence-electron chi connectivity index (χ2n) is 6.86. The second-order valence-corrected chi connectivity index (χ2v) is 9.14. The van der Waals surface area contributed by atoms with Gasteiger partial charge >= 0.3 is 6.09 Å².